The van der Waals surface area contributed by atoms with Gasteiger partial charge in [-0.2, -0.15) is 5.10 Å². The molecule has 6 heteroatoms. The molecule has 5 nitrogen and oxygen atoms in total. The van der Waals surface area contributed by atoms with Crippen molar-refractivity contribution >= 4 is 17.5 Å². The maximum atomic E-state index is 11.1. The fraction of sp³-hybridized carbons (Fsp3) is 0.444. The number of carbonyl (C=O) groups is 1. The quantitative estimate of drug-likeness (QED) is 0.806. The first-order valence-corrected chi connectivity index (χ1v) is 4.87. The molecule has 82 valence electrons. The Morgan fingerprint density at radius 2 is 2.27 bits per heavy atom. The summed E-state index contributed by atoms with van der Waals surface area (Å²) in [6, 6.07) is 3.47. The minimum Gasteiger partial charge on any atom is -0.358 e. The SMILES string of the molecule is CNC(=O)CN(C)Cc1ccc(Cl)nn1. The molecule has 0 aromatic carbocycles. The number of hydrogen-bond acceptors (Lipinski definition) is 4. The summed E-state index contributed by atoms with van der Waals surface area (Å²) in [7, 11) is 3.45. The molecule has 0 aliphatic rings. The van der Waals surface area contributed by atoms with Gasteiger partial charge in [-0.3, -0.25) is 9.69 Å². The zero-order chi connectivity index (χ0) is 11.3. The summed E-state index contributed by atoms with van der Waals surface area (Å²) in [5.74, 6) is -0.0283. The third-order valence-electron chi connectivity index (χ3n) is 1.81. The van der Waals surface area contributed by atoms with Crippen LogP contribution in [-0.2, 0) is 11.3 Å². The molecule has 0 aliphatic carbocycles. The maximum Gasteiger partial charge on any atom is 0.233 e. The van der Waals surface area contributed by atoms with Gasteiger partial charge in [0.1, 0.15) is 0 Å². The van der Waals surface area contributed by atoms with Crippen LogP contribution in [0.1, 0.15) is 5.69 Å². The molecule has 0 saturated heterocycles. The lowest BCUT2D eigenvalue weighted by molar-refractivity contribution is -0.121. The van der Waals surface area contributed by atoms with Gasteiger partial charge in [0, 0.05) is 13.6 Å². The number of hydrogen-bond donors (Lipinski definition) is 1. The van der Waals surface area contributed by atoms with Crippen molar-refractivity contribution in [1.82, 2.24) is 20.4 Å². The molecule has 0 fully saturated rings. The maximum absolute atomic E-state index is 11.1. The van der Waals surface area contributed by atoms with Gasteiger partial charge in [0.05, 0.1) is 12.2 Å². The second-order valence-corrected chi connectivity index (χ2v) is 3.58. The van der Waals surface area contributed by atoms with Crippen molar-refractivity contribution in [2.45, 2.75) is 6.54 Å². The van der Waals surface area contributed by atoms with Crippen LogP contribution in [0.4, 0.5) is 0 Å². The lowest BCUT2D eigenvalue weighted by Gasteiger charge is -2.14. The Balaban J connectivity index is 2.47. The van der Waals surface area contributed by atoms with E-state index in [1.165, 1.54) is 0 Å². The molecule has 15 heavy (non-hydrogen) atoms. The zero-order valence-electron chi connectivity index (χ0n) is 8.70. The molecular formula is C9H13ClN4O. The summed E-state index contributed by atoms with van der Waals surface area (Å²) in [5, 5.41) is 10.5. The monoisotopic (exact) mass is 228 g/mol. The van der Waals surface area contributed by atoms with E-state index in [-0.39, 0.29) is 5.91 Å². The van der Waals surface area contributed by atoms with Gasteiger partial charge in [-0.05, 0) is 19.2 Å². The Morgan fingerprint density at radius 3 is 2.80 bits per heavy atom. The molecule has 0 atom stereocenters. The van der Waals surface area contributed by atoms with Crippen molar-refractivity contribution in [2.75, 3.05) is 20.6 Å². The lowest BCUT2D eigenvalue weighted by Crippen LogP contribution is -2.32. The summed E-state index contributed by atoms with van der Waals surface area (Å²) in [6.07, 6.45) is 0. The van der Waals surface area contributed by atoms with E-state index in [0.717, 1.165) is 5.69 Å². The number of carbonyl (C=O) groups excluding carboxylic acids is 1. The van der Waals surface area contributed by atoms with Gasteiger partial charge in [0.25, 0.3) is 0 Å². The van der Waals surface area contributed by atoms with E-state index in [4.69, 9.17) is 11.6 Å². The minimum absolute atomic E-state index is 0.0283. The first-order chi connectivity index (χ1) is 7.11. The molecule has 1 amide bonds. The topological polar surface area (TPSA) is 58.1 Å². The Labute approximate surface area is 93.4 Å². The van der Waals surface area contributed by atoms with E-state index >= 15 is 0 Å². The number of nitrogens with one attached hydrogen (secondary N) is 1. The van der Waals surface area contributed by atoms with Crippen LogP contribution in [0.3, 0.4) is 0 Å². The molecule has 0 spiro atoms. The third-order valence-corrected chi connectivity index (χ3v) is 2.01. The van der Waals surface area contributed by atoms with Crippen molar-refractivity contribution in [1.29, 1.82) is 0 Å². The predicted molar refractivity (Wildman–Crippen MR) is 57.4 cm³/mol. The highest BCUT2D eigenvalue weighted by Crippen LogP contribution is 2.03. The zero-order valence-corrected chi connectivity index (χ0v) is 9.45. The van der Waals surface area contributed by atoms with E-state index in [1.807, 2.05) is 11.9 Å². The molecule has 1 aromatic heterocycles. The minimum atomic E-state index is -0.0283. The average Bonchev–Trinajstić information content (AvgIpc) is 2.21. The van der Waals surface area contributed by atoms with Crippen LogP contribution in [0.5, 0.6) is 0 Å². The molecule has 0 radical (unpaired) electrons. The Kier molecular flexibility index (Phi) is 4.45. The number of likely N-dealkylation sites (N-methyl/N-ethyl adjacent to an activating group) is 2. The van der Waals surface area contributed by atoms with E-state index in [1.54, 1.807) is 19.2 Å². The van der Waals surface area contributed by atoms with Crippen LogP contribution in [0.25, 0.3) is 0 Å². The van der Waals surface area contributed by atoms with Gasteiger partial charge >= 0.3 is 0 Å². The normalized spacial score (nSPS) is 10.4. The van der Waals surface area contributed by atoms with Crippen LogP contribution in [0.15, 0.2) is 12.1 Å². The highest BCUT2D eigenvalue weighted by Gasteiger charge is 2.06. The molecule has 1 N–H and O–H groups in total. The molecule has 0 bridgehead atoms. The number of nitrogens with zero attached hydrogens (tertiary/aromatic N) is 3. The van der Waals surface area contributed by atoms with Crippen molar-refractivity contribution in [3.8, 4) is 0 Å². The largest absolute Gasteiger partial charge is 0.358 e. The van der Waals surface area contributed by atoms with E-state index in [2.05, 4.69) is 15.5 Å². The van der Waals surface area contributed by atoms with Crippen LogP contribution in [0, 0.1) is 0 Å². The number of amides is 1. The molecule has 1 rings (SSSR count). The summed E-state index contributed by atoms with van der Waals surface area (Å²) < 4.78 is 0. The standard InChI is InChI=1S/C9H13ClN4O/c1-11-9(15)6-14(2)5-7-3-4-8(10)13-12-7/h3-4H,5-6H2,1-2H3,(H,11,15). The smallest absolute Gasteiger partial charge is 0.233 e. The van der Waals surface area contributed by atoms with E-state index in [0.29, 0.717) is 18.2 Å². The molecule has 0 unspecified atom stereocenters. The van der Waals surface area contributed by atoms with Gasteiger partial charge in [0.15, 0.2) is 5.15 Å². The third kappa shape index (κ3) is 4.22. The van der Waals surface area contributed by atoms with Gasteiger partial charge in [-0.25, -0.2) is 0 Å². The van der Waals surface area contributed by atoms with Gasteiger partial charge in [-0.15, -0.1) is 5.10 Å². The first-order valence-electron chi connectivity index (χ1n) is 4.49. The molecule has 0 saturated carbocycles. The number of aromatic nitrogens is 2. The van der Waals surface area contributed by atoms with E-state index in [9.17, 15) is 4.79 Å². The second kappa shape index (κ2) is 5.63. The van der Waals surface area contributed by atoms with Gasteiger partial charge in [0.2, 0.25) is 5.91 Å². The summed E-state index contributed by atoms with van der Waals surface area (Å²) in [4.78, 5) is 12.9. The second-order valence-electron chi connectivity index (χ2n) is 3.19. The van der Waals surface area contributed by atoms with Crippen LogP contribution in [-0.4, -0.2) is 41.6 Å². The first kappa shape index (κ1) is 11.9. The number of halogens is 1. The van der Waals surface area contributed by atoms with Gasteiger partial charge < -0.3 is 5.32 Å². The fourth-order valence-electron chi connectivity index (χ4n) is 1.08. The molecule has 0 aliphatic heterocycles. The summed E-state index contributed by atoms with van der Waals surface area (Å²) in [5.41, 5.74) is 0.783. The Morgan fingerprint density at radius 1 is 1.53 bits per heavy atom. The molecular weight excluding hydrogens is 216 g/mol. The predicted octanol–water partition coefficient (Wildman–Crippen LogP) is 0.308. The van der Waals surface area contributed by atoms with Crippen LogP contribution < -0.4 is 5.32 Å². The van der Waals surface area contributed by atoms with Crippen LogP contribution >= 0.6 is 11.6 Å². The van der Waals surface area contributed by atoms with Crippen molar-refractivity contribution in [2.24, 2.45) is 0 Å². The Hall–Kier alpha value is -1.20. The highest BCUT2D eigenvalue weighted by atomic mass is 35.5. The van der Waals surface area contributed by atoms with Crippen LogP contribution in [0.2, 0.25) is 5.15 Å². The molecule has 1 heterocycles. The van der Waals surface area contributed by atoms with Crippen molar-refractivity contribution in [3.05, 3.63) is 23.0 Å². The summed E-state index contributed by atoms with van der Waals surface area (Å²) in [6.45, 7) is 0.901. The van der Waals surface area contributed by atoms with E-state index < -0.39 is 0 Å². The highest BCUT2D eigenvalue weighted by molar-refractivity contribution is 6.29. The Bertz CT molecular complexity index is 327. The van der Waals surface area contributed by atoms with Gasteiger partial charge in [-0.1, -0.05) is 11.6 Å². The average molecular weight is 229 g/mol. The van der Waals surface area contributed by atoms with Crippen molar-refractivity contribution in [3.63, 3.8) is 0 Å². The summed E-state index contributed by atoms with van der Waals surface area (Å²) >= 11 is 5.60. The lowest BCUT2D eigenvalue weighted by atomic mass is 10.3. The van der Waals surface area contributed by atoms with Crippen molar-refractivity contribution < 1.29 is 4.79 Å². The number of rotatable bonds is 4. The fourth-order valence-corrected chi connectivity index (χ4v) is 1.19. The molecule has 1 aromatic rings.